The van der Waals surface area contributed by atoms with Crippen molar-refractivity contribution in [1.29, 1.82) is 0 Å². The Bertz CT molecular complexity index is 500. The first-order valence-electron chi connectivity index (χ1n) is 6.11. The molecule has 1 amide bonds. The summed E-state index contributed by atoms with van der Waals surface area (Å²) in [6.45, 7) is 1.94. The van der Waals surface area contributed by atoms with E-state index >= 15 is 0 Å². The highest BCUT2D eigenvalue weighted by molar-refractivity contribution is 5.92. The van der Waals surface area contributed by atoms with Crippen LogP contribution < -0.4 is 5.32 Å². The van der Waals surface area contributed by atoms with Gasteiger partial charge in [-0.05, 0) is 25.1 Å². The first kappa shape index (κ1) is 19.3. The standard InChI is InChI=1S/C13H16F2N2O3.ClH/c1-2-5-17(8-13(19)20)7-12(18)16-9-3-4-10(14)11(15)6-9;/h3-4,6H,2,5,7-8H2,1H3,(H,16,18)(H,19,20);1H. The summed E-state index contributed by atoms with van der Waals surface area (Å²) in [5.41, 5.74) is 0.126. The molecule has 8 heteroatoms. The molecule has 21 heavy (non-hydrogen) atoms. The van der Waals surface area contributed by atoms with Crippen LogP contribution in [0.5, 0.6) is 0 Å². The number of hydrogen-bond donors (Lipinski definition) is 2. The lowest BCUT2D eigenvalue weighted by atomic mass is 10.3. The van der Waals surface area contributed by atoms with Crippen LogP contribution in [0, 0.1) is 11.6 Å². The van der Waals surface area contributed by atoms with Gasteiger partial charge in [0.05, 0.1) is 13.1 Å². The number of nitrogens with zero attached hydrogens (tertiary/aromatic N) is 1. The summed E-state index contributed by atoms with van der Waals surface area (Å²) in [6, 6.07) is 3.01. The fourth-order valence-corrected chi connectivity index (χ4v) is 1.70. The van der Waals surface area contributed by atoms with Gasteiger partial charge in [0.25, 0.3) is 0 Å². The van der Waals surface area contributed by atoms with Crippen LogP contribution in [0.4, 0.5) is 14.5 Å². The van der Waals surface area contributed by atoms with E-state index in [0.29, 0.717) is 13.0 Å². The average molecular weight is 323 g/mol. The third kappa shape index (κ3) is 7.01. The van der Waals surface area contributed by atoms with E-state index in [-0.39, 0.29) is 31.2 Å². The number of rotatable bonds is 7. The molecular weight excluding hydrogens is 306 g/mol. The molecule has 0 heterocycles. The molecule has 0 aromatic heterocycles. The normalized spacial score (nSPS) is 10.1. The van der Waals surface area contributed by atoms with Crippen molar-refractivity contribution in [1.82, 2.24) is 4.90 Å². The Morgan fingerprint density at radius 2 is 1.90 bits per heavy atom. The zero-order valence-corrected chi connectivity index (χ0v) is 12.3. The minimum atomic E-state index is -1.06. The molecular formula is C13H17ClF2N2O3. The Balaban J connectivity index is 0.00000400. The van der Waals surface area contributed by atoms with Gasteiger partial charge in [-0.1, -0.05) is 6.92 Å². The minimum absolute atomic E-state index is 0. The van der Waals surface area contributed by atoms with E-state index in [1.54, 1.807) is 0 Å². The van der Waals surface area contributed by atoms with Crippen molar-refractivity contribution >= 4 is 30.0 Å². The number of benzene rings is 1. The van der Waals surface area contributed by atoms with Gasteiger partial charge in [-0.3, -0.25) is 14.5 Å². The molecule has 0 spiro atoms. The zero-order valence-electron chi connectivity index (χ0n) is 11.4. The highest BCUT2D eigenvalue weighted by Gasteiger charge is 2.13. The first-order chi connectivity index (χ1) is 9.42. The second-order valence-electron chi connectivity index (χ2n) is 4.28. The Kier molecular flexibility index (Phi) is 8.49. The fourth-order valence-electron chi connectivity index (χ4n) is 1.70. The van der Waals surface area contributed by atoms with E-state index in [2.05, 4.69) is 5.32 Å². The molecule has 0 aliphatic heterocycles. The summed E-state index contributed by atoms with van der Waals surface area (Å²) in [5.74, 6) is -3.56. The Hall–Kier alpha value is -1.73. The van der Waals surface area contributed by atoms with Crippen molar-refractivity contribution in [3.05, 3.63) is 29.8 Å². The van der Waals surface area contributed by atoms with Gasteiger partial charge in [0.15, 0.2) is 11.6 Å². The smallest absolute Gasteiger partial charge is 0.317 e. The molecule has 118 valence electrons. The molecule has 0 radical (unpaired) electrons. The number of amides is 1. The predicted octanol–water partition coefficient (Wildman–Crippen LogP) is 2.12. The largest absolute Gasteiger partial charge is 0.480 e. The lowest BCUT2D eigenvalue weighted by molar-refractivity contribution is -0.138. The molecule has 1 aromatic carbocycles. The lowest BCUT2D eigenvalue weighted by Crippen LogP contribution is -2.37. The summed E-state index contributed by atoms with van der Waals surface area (Å²) < 4.78 is 25.7. The van der Waals surface area contributed by atoms with Crippen LogP contribution in [0.1, 0.15) is 13.3 Å². The molecule has 0 unspecified atom stereocenters. The molecule has 1 aromatic rings. The Morgan fingerprint density at radius 3 is 2.43 bits per heavy atom. The Morgan fingerprint density at radius 1 is 1.24 bits per heavy atom. The summed E-state index contributed by atoms with van der Waals surface area (Å²) in [4.78, 5) is 23.8. The predicted molar refractivity (Wildman–Crippen MR) is 76.6 cm³/mol. The molecule has 2 N–H and O–H groups in total. The van der Waals surface area contributed by atoms with E-state index < -0.39 is 23.5 Å². The van der Waals surface area contributed by atoms with E-state index in [0.717, 1.165) is 12.1 Å². The number of carboxylic acid groups (broad SMARTS) is 1. The number of aliphatic carboxylic acids is 1. The van der Waals surface area contributed by atoms with E-state index in [9.17, 15) is 18.4 Å². The van der Waals surface area contributed by atoms with Crippen LogP contribution in [0.2, 0.25) is 0 Å². The SMILES string of the molecule is CCCN(CC(=O)O)CC(=O)Nc1ccc(F)c(F)c1.Cl. The number of carbonyl (C=O) groups excluding carboxylic acids is 1. The molecule has 0 aliphatic carbocycles. The van der Waals surface area contributed by atoms with E-state index in [1.807, 2.05) is 6.92 Å². The minimum Gasteiger partial charge on any atom is -0.480 e. The molecule has 5 nitrogen and oxygen atoms in total. The van der Waals surface area contributed by atoms with Crippen LogP contribution in [0.25, 0.3) is 0 Å². The summed E-state index contributed by atoms with van der Waals surface area (Å²) in [6.07, 6.45) is 0.700. The van der Waals surface area contributed by atoms with Gasteiger partial charge in [0, 0.05) is 11.8 Å². The molecule has 0 bridgehead atoms. The summed E-state index contributed by atoms with van der Waals surface area (Å²) in [7, 11) is 0. The maximum Gasteiger partial charge on any atom is 0.317 e. The zero-order chi connectivity index (χ0) is 15.1. The van der Waals surface area contributed by atoms with Crippen molar-refractivity contribution in [2.45, 2.75) is 13.3 Å². The van der Waals surface area contributed by atoms with Crippen LogP contribution in [-0.4, -0.2) is 41.5 Å². The van der Waals surface area contributed by atoms with Gasteiger partial charge in [0.1, 0.15) is 0 Å². The maximum absolute atomic E-state index is 13.0. The molecule has 0 saturated heterocycles. The number of nitrogens with one attached hydrogen (secondary N) is 1. The highest BCUT2D eigenvalue weighted by atomic mass is 35.5. The number of halogens is 3. The summed E-state index contributed by atoms with van der Waals surface area (Å²) in [5, 5.41) is 11.1. The number of anilines is 1. The van der Waals surface area contributed by atoms with Crippen molar-refractivity contribution < 1.29 is 23.5 Å². The van der Waals surface area contributed by atoms with Crippen molar-refractivity contribution in [3.63, 3.8) is 0 Å². The molecule has 0 aliphatic rings. The molecule has 0 saturated carbocycles. The van der Waals surface area contributed by atoms with Gasteiger partial charge in [-0.25, -0.2) is 8.78 Å². The van der Waals surface area contributed by atoms with Gasteiger partial charge >= 0.3 is 5.97 Å². The molecule has 0 atom stereocenters. The van der Waals surface area contributed by atoms with Crippen molar-refractivity contribution in [2.24, 2.45) is 0 Å². The lowest BCUT2D eigenvalue weighted by Gasteiger charge is -2.18. The van der Waals surface area contributed by atoms with Gasteiger partial charge < -0.3 is 10.4 Å². The highest BCUT2D eigenvalue weighted by Crippen LogP contribution is 2.13. The number of hydrogen-bond acceptors (Lipinski definition) is 3. The third-order valence-electron chi connectivity index (χ3n) is 2.47. The quantitative estimate of drug-likeness (QED) is 0.807. The van der Waals surface area contributed by atoms with Crippen LogP contribution in [-0.2, 0) is 9.59 Å². The maximum atomic E-state index is 13.0. The van der Waals surface area contributed by atoms with Crippen LogP contribution in [0.15, 0.2) is 18.2 Å². The van der Waals surface area contributed by atoms with Crippen LogP contribution in [0.3, 0.4) is 0 Å². The summed E-state index contributed by atoms with van der Waals surface area (Å²) >= 11 is 0. The van der Waals surface area contributed by atoms with Crippen molar-refractivity contribution in [3.8, 4) is 0 Å². The van der Waals surface area contributed by atoms with E-state index in [1.165, 1.54) is 11.0 Å². The van der Waals surface area contributed by atoms with Crippen molar-refractivity contribution in [2.75, 3.05) is 25.0 Å². The van der Waals surface area contributed by atoms with Crippen LogP contribution >= 0.6 is 12.4 Å². The van der Waals surface area contributed by atoms with Gasteiger partial charge in [0.2, 0.25) is 5.91 Å². The fraction of sp³-hybridized carbons (Fsp3) is 0.385. The number of carbonyl (C=O) groups is 2. The van der Waals surface area contributed by atoms with Gasteiger partial charge in [-0.2, -0.15) is 0 Å². The Labute approximate surface area is 127 Å². The molecule has 0 fully saturated rings. The monoisotopic (exact) mass is 322 g/mol. The third-order valence-corrected chi connectivity index (χ3v) is 2.47. The molecule has 1 rings (SSSR count). The van der Waals surface area contributed by atoms with E-state index in [4.69, 9.17) is 5.11 Å². The average Bonchev–Trinajstić information content (AvgIpc) is 2.33. The number of carboxylic acids is 1. The second-order valence-corrected chi connectivity index (χ2v) is 4.28. The topological polar surface area (TPSA) is 69.6 Å². The first-order valence-corrected chi connectivity index (χ1v) is 6.11. The van der Waals surface area contributed by atoms with Gasteiger partial charge in [-0.15, -0.1) is 12.4 Å². The second kappa shape index (κ2) is 9.25.